The zero-order valence-electron chi connectivity index (χ0n) is 17.2. The van der Waals surface area contributed by atoms with Crippen LogP contribution in [0.4, 0.5) is 4.39 Å². The predicted molar refractivity (Wildman–Crippen MR) is 116 cm³/mol. The summed E-state index contributed by atoms with van der Waals surface area (Å²) in [4.78, 5) is 28.4. The van der Waals surface area contributed by atoms with Crippen molar-refractivity contribution < 1.29 is 9.18 Å². The van der Waals surface area contributed by atoms with Crippen LogP contribution >= 0.6 is 0 Å². The number of halogens is 1. The molecule has 6 nitrogen and oxygen atoms in total. The molecule has 1 aromatic carbocycles. The summed E-state index contributed by atoms with van der Waals surface area (Å²) in [6, 6.07) is 11.8. The smallest absolute Gasteiger partial charge is 0.253 e. The van der Waals surface area contributed by atoms with Gasteiger partial charge in [-0.25, -0.2) is 9.37 Å². The van der Waals surface area contributed by atoms with Gasteiger partial charge >= 0.3 is 0 Å². The summed E-state index contributed by atoms with van der Waals surface area (Å²) in [5.41, 5.74) is 5.22. The molecular formula is C24H22FN5O. The molecule has 0 radical (unpaired) electrons. The molecule has 0 aliphatic carbocycles. The van der Waals surface area contributed by atoms with Crippen molar-refractivity contribution in [1.82, 2.24) is 24.4 Å². The van der Waals surface area contributed by atoms with Gasteiger partial charge in [0.05, 0.1) is 17.5 Å². The van der Waals surface area contributed by atoms with Crippen molar-refractivity contribution in [3.8, 4) is 11.3 Å². The third kappa shape index (κ3) is 3.67. The minimum Gasteiger partial charge on any atom is -0.339 e. The van der Waals surface area contributed by atoms with Crippen LogP contribution in [0, 0.1) is 5.82 Å². The van der Waals surface area contributed by atoms with Gasteiger partial charge in [-0.05, 0) is 55.3 Å². The lowest BCUT2D eigenvalue weighted by Crippen LogP contribution is -2.38. The standard InChI is InChI=1S/C24H22FN5O/c1-29-15-27-23-21(29)13-20(28-22(23)18-3-2-10-26-14-18)16-8-11-30(12-9-16)24(31)17-4-6-19(25)7-5-17/h2-7,10,13-16H,8-9,11-12H2,1H3. The molecule has 1 aliphatic rings. The van der Waals surface area contributed by atoms with Crippen molar-refractivity contribution in [2.24, 2.45) is 7.05 Å². The Labute approximate surface area is 179 Å². The maximum Gasteiger partial charge on any atom is 0.253 e. The Hall–Kier alpha value is -3.61. The number of hydrogen-bond donors (Lipinski definition) is 0. The molecule has 0 saturated carbocycles. The molecule has 31 heavy (non-hydrogen) atoms. The molecule has 0 bridgehead atoms. The highest BCUT2D eigenvalue weighted by atomic mass is 19.1. The summed E-state index contributed by atoms with van der Waals surface area (Å²) in [5.74, 6) is -0.132. The molecule has 4 aromatic rings. The fraction of sp³-hybridized carbons (Fsp3) is 0.250. The largest absolute Gasteiger partial charge is 0.339 e. The van der Waals surface area contributed by atoms with Crippen molar-refractivity contribution in [2.75, 3.05) is 13.1 Å². The monoisotopic (exact) mass is 415 g/mol. The minimum absolute atomic E-state index is 0.0513. The van der Waals surface area contributed by atoms with E-state index in [4.69, 9.17) is 4.98 Å². The first-order chi connectivity index (χ1) is 15.1. The van der Waals surface area contributed by atoms with E-state index < -0.39 is 0 Å². The molecule has 1 amide bonds. The first-order valence-corrected chi connectivity index (χ1v) is 10.4. The van der Waals surface area contributed by atoms with Crippen molar-refractivity contribution in [3.05, 3.63) is 78.3 Å². The highest BCUT2D eigenvalue weighted by Crippen LogP contribution is 2.33. The number of piperidine rings is 1. The Balaban J connectivity index is 1.40. The SMILES string of the molecule is Cn1cnc2c(-c3cccnc3)nc(C3CCN(C(=O)c4ccc(F)cc4)CC3)cc21. The molecule has 5 rings (SSSR count). The van der Waals surface area contributed by atoms with Crippen LogP contribution in [0.15, 0.2) is 61.2 Å². The molecule has 1 aliphatic heterocycles. The number of aromatic nitrogens is 4. The summed E-state index contributed by atoms with van der Waals surface area (Å²) >= 11 is 0. The minimum atomic E-state index is -0.337. The molecular weight excluding hydrogens is 393 g/mol. The number of benzene rings is 1. The maximum atomic E-state index is 13.2. The zero-order chi connectivity index (χ0) is 21.4. The highest BCUT2D eigenvalue weighted by molar-refractivity contribution is 5.94. The molecule has 0 N–H and O–H groups in total. The summed E-state index contributed by atoms with van der Waals surface area (Å²) < 4.78 is 15.2. The van der Waals surface area contributed by atoms with Crippen molar-refractivity contribution in [3.63, 3.8) is 0 Å². The van der Waals surface area contributed by atoms with Crippen LogP contribution in [-0.4, -0.2) is 43.4 Å². The average molecular weight is 415 g/mol. The van der Waals surface area contributed by atoms with Gasteiger partial charge in [-0.3, -0.25) is 14.8 Å². The first kappa shape index (κ1) is 19.4. The topological polar surface area (TPSA) is 63.9 Å². The van der Waals surface area contributed by atoms with Crippen molar-refractivity contribution >= 4 is 16.9 Å². The molecule has 0 atom stereocenters. The summed E-state index contributed by atoms with van der Waals surface area (Å²) in [6.07, 6.45) is 7.02. The number of pyridine rings is 2. The number of aryl methyl sites for hydroxylation is 1. The molecule has 1 fully saturated rings. The van der Waals surface area contributed by atoms with E-state index in [1.807, 2.05) is 34.8 Å². The fourth-order valence-corrected chi connectivity index (χ4v) is 4.21. The van der Waals surface area contributed by atoms with E-state index >= 15 is 0 Å². The Morgan fingerprint density at radius 2 is 1.90 bits per heavy atom. The molecule has 156 valence electrons. The van der Waals surface area contributed by atoms with Crippen molar-refractivity contribution in [1.29, 1.82) is 0 Å². The van der Waals surface area contributed by atoms with Crippen LogP contribution in [0.25, 0.3) is 22.3 Å². The lowest BCUT2D eigenvalue weighted by atomic mass is 9.92. The van der Waals surface area contributed by atoms with E-state index in [0.717, 1.165) is 40.8 Å². The van der Waals surface area contributed by atoms with Gasteiger partial charge in [-0.2, -0.15) is 0 Å². The van der Waals surface area contributed by atoms with Crippen LogP contribution < -0.4 is 0 Å². The summed E-state index contributed by atoms with van der Waals surface area (Å²) in [7, 11) is 1.98. The van der Waals surface area contributed by atoms with Crippen LogP contribution in [0.2, 0.25) is 0 Å². The van der Waals surface area contributed by atoms with Gasteiger partial charge < -0.3 is 9.47 Å². The summed E-state index contributed by atoms with van der Waals surface area (Å²) in [6.45, 7) is 1.29. The second-order valence-corrected chi connectivity index (χ2v) is 7.93. The van der Waals surface area contributed by atoms with E-state index in [2.05, 4.69) is 16.0 Å². The number of imidazole rings is 1. The molecule has 7 heteroatoms. The fourth-order valence-electron chi connectivity index (χ4n) is 4.21. The van der Waals surface area contributed by atoms with E-state index in [1.165, 1.54) is 12.1 Å². The number of carbonyl (C=O) groups is 1. The van der Waals surface area contributed by atoms with Gasteiger partial charge in [0.15, 0.2) is 0 Å². The van der Waals surface area contributed by atoms with Crippen LogP contribution in [0.5, 0.6) is 0 Å². The second-order valence-electron chi connectivity index (χ2n) is 7.93. The van der Waals surface area contributed by atoms with Gasteiger partial charge in [0, 0.05) is 55.3 Å². The third-order valence-electron chi connectivity index (χ3n) is 5.96. The number of fused-ring (bicyclic) bond motifs is 1. The lowest BCUT2D eigenvalue weighted by Gasteiger charge is -2.32. The van der Waals surface area contributed by atoms with Crippen LogP contribution in [-0.2, 0) is 7.05 Å². The van der Waals surface area contributed by atoms with E-state index in [0.29, 0.717) is 18.7 Å². The van der Waals surface area contributed by atoms with E-state index in [9.17, 15) is 9.18 Å². The number of likely N-dealkylation sites (tertiary alicyclic amines) is 1. The number of rotatable bonds is 3. The Morgan fingerprint density at radius 1 is 1.13 bits per heavy atom. The van der Waals surface area contributed by atoms with Crippen molar-refractivity contribution in [2.45, 2.75) is 18.8 Å². The van der Waals surface area contributed by atoms with E-state index in [1.54, 1.807) is 24.7 Å². The number of amides is 1. The number of nitrogens with zero attached hydrogens (tertiary/aromatic N) is 5. The van der Waals surface area contributed by atoms with Gasteiger partial charge in [0.2, 0.25) is 0 Å². The maximum absolute atomic E-state index is 13.2. The molecule has 1 saturated heterocycles. The molecule has 4 heterocycles. The highest BCUT2D eigenvalue weighted by Gasteiger charge is 2.26. The molecule has 0 spiro atoms. The van der Waals surface area contributed by atoms with Crippen LogP contribution in [0.1, 0.15) is 34.8 Å². The van der Waals surface area contributed by atoms with Gasteiger partial charge in [0.1, 0.15) is 11.3 Å². The molecule has 3 aromatic heterocycles. The Morgan fingerprint density at radius 3 is 2.61 bits per heavy atom. The zero-order valence-corrected chi connectivity index (χ0v) is 17.2. The normalized spacial score (nSPS) is 14.8. The second kappa shape index (κ2) is 7.91. The number of carbonyl (C=O) groups excluding carboxylic acids is 1. The summed E-state index contributed by atoms with van der Waals surface area (Å²) in [5, 5.41) is 0. The van der Waals surface area contributed by atoms with Gasteiger partial charge in [-0.1, -0.05) is 0 Å². The third-order valence-corrected chi connectivity index (χ3v) is 5.96. The quantitative estimate of drug-likeness (QED) is 0.503. The lowest BCUT2D eigenvalue weighted by molar-refractivity contribution is 0.0712. The Kier molecular flexibility index (Phi) is 4.94. The first-order valence-electron chi connectivity index (χ1n) is 10.4. The van der Waals surface area contributed by atoms with E-state index in [-0.39, 0.29) is 17.6 Å². The van der Waals surface area contributed by atoms with Crippen LogP contribution in [0.3, 0.4) is 0 Å². The average Bonchev–Trinajstić information content (AvgIpc) is 3.20. The number of hydrogen-bond acceptors (Lipinski definition) is 4. The predicted octanol–water partition coefficient (Wildman–Crippen LogP) is 4.19. The molecule has 0 unspecified atom stereocenters. The Bertz CT molecular complexity index is 1230. The van der Waals surface area contributed by atoms with Gasteiger partial charge in [0.25, 0.3) is 5.91 Å². The van der Waals surface area contributed by atoms with Gasteiger partial charge in [-0.15, -0.1) is 0 Å².